The molecule has 2 rings (SSSR count). The van der Waals surface area contributed by atoms with Crippen molar-refractivity contribution in [1.29, 1.82) is 0 Å². The van der Waals surface area contributed by atoms with E-state index < -0.39 is 0 Å². The minimum Gasteiger partial charge on any atom is -0.506 e. The Hall–Kier alpha value is -1.17. The lowest BCUT2D eigenvalue weighted by Crippen LogP contribution is -2.28. The quantitative estimate of drug-likeness (QED) is 0.579. The Labute approximate surface area is 114 Å². The SMILES string of the molecule is Cc1ccc(O)c(CNCCCC2CNNC2C)n1. The normalized spacial score (nSPS) is 22.8. The molecule has 19 heavy (non-hydrogen) atoms. The van der Waals surface area contributed by atoms with Gasteiger partial charge < -0.3 is 10.4 Å². The standard InChI is InChI=1S/C14H24N4O/c1-10-5-6-14(19)13(17-10)9-15-7-3-4-12-8-16-18-11(12)2/h5-6,11-12,15-16,18-19H,3-4,7-9H2,1-2H3. The molecule has 2 atom stereocenters. The van der Waals surface area contributed by atoms with Crippen LogP contribution >= 0.6 is 0 Å². The van der Waals surface area contributed by atoms with Crippen LogP contribution in [0.5, 0.6) is 5.75 Å². The second-order valence-electron chi connectivity index (χ2n) is 5.31. The lowest BCUT2D eigenvalue weighted by Gasteiger charge is -2.13. The first-order valence-corrected chi connectivity index (χ1v) is 7.01. The fourth-order valence-electron chi connectivity index (χ4n) is 2.43. The second-order valence-corrected chi connectivity index (χ2v) is 5.31. The van der Waals surface area contributed by atoms with Crippen LogP contribution in [-0.2, 0) is 6.54 Å². The summed E-state index contributed by atoms with van der Waals surface area (Å²) in [4.78, 5) is 4.33. The highest BCUT2D eigenvalue weighted by Gasteiger charge is 2.21. The predicted molar refractivity (Wildman–Crippen MR) is 75.7 cm³/mol. The molecule has 1 fully saturated rings. The molecule has 106 valence electrons. The molecule has 0 amide bonds. The molecule has 0 radical (unpaired) electrons. The summed E-state index contributed by atoms with van der Waals surface area (Å²) in [6, 6.07) is 4.08. The number of rotatable bonds is 6. The summed E-state index contributed by atoms with van der Waals surface area (Å²) in [5.41, 5.74) is 8.10. The van der Waals surface area contributed by atoms with Gasteiger partial charge in [-0.25, -0.2) is 0 Å². The summed E-state index contributed by atoms with van der Waals surface area (Å²) < 4.78 is 0. The molecule has 0 aliphatic carbocycles. The van der Waals surface area contributed by atoms with Crippen LogP contribution in [0.15, 0.2) is 12.1 Å². The highest BCUT2D eigenvalue weighted by atomic mass is 16.3. The number of aryl methyl sites for hydroxylation is 1. The van der Waals surface area contributed by atoms with Crippen LogP contribution in [0.2, 0.25) is 0 Å². The Balaban J connectivity index is 1.65. The first-order chi connectivity index (χ1) is 9.16. The Bertz CT molecular complexity index is 410. The summed E-state index contributed by atoms with van der Waals surface area (Å²) in [5.74, 6) is 0.989. The Morgan fingerprint density at radius 1 is 1.47 bits per heavy atom. The number of nitrogens with zero attached hydrogens (tertiary/aromatic N) is 1. The number of hydrogen-bond acceptors (Lipinski definition) is 5. The summed E-state index contributed by atoms with van der Waals surface area (Å²) in [6.45, 7) is 6.79. The van der Waals surface area contributed by atoms with Crippen LogP contribution in [0.1, 0.15) is 31.2 Å². The Morgan fingerprint density at radius 3 is 3.05 bits per heavy atom. The maximum atomic E-state index is 9.68. The minimum absolute atomic E-state index is 0.274. The van der Waals surface area contributed by atoms with Crippen molar-refractivity contribution in [2.24, 2.45) is 5.92 Å². The van der Waals surface area contributed by atoms with Crippen molar-refractivity contribution in [1.82, 2.24) is 21.2 Å². The van der Waals surface area contributed by atoms with Crippen molar-refractivity contribution in [2.75, 3.05) is 13.1 Å². The van der Waals surface area contributed by atoms with Crippen LogP contribution in [0.4, 0.5) is 0 Å². The van der Waals surface area contributed by atoms with Gasteiger partial charge in [-0.15, -0.1) is 0 Å². The third kappa shape index (κ3) is 4.16. The van der Waals surface area contributed by atoms with Crippen LogP contribution < -0.4 is 16.2 Å². The third-order valence-electron chi connectivity index (χ3n) is 3.71. The van der Waals surface area contributed by atoms with Crippen LogP contribution in [0, 0.1) is 12.8 Å². The van der Waals surface area contributed by atoms with E-state index in [1.807, 2.05) is 13.0 Å². The van der Waals surface area contributed by atoms with Gasteiger partial charge >= 0.3 is 0 Å². The van der Waals surface area contributed by atoms with Gasteiger partial charge in [-0.05, 0) is 51.3 Å². The average Bonchev–Trinajstić information content (AvgIpc) is 2.79. The van der Waals surface area contributed by atoms with E-state index in [1.54, 1.807) is 6.07 Å². The van der Waals surface area contributed by atoms with Gasteiger partial charge in [-0.3, -0.25) is 15.8 Å². The molecule has 0 bridgehead atoms. The van der Waals surface area contributed by atoms with E-state index in [2.05, 4.69) is 28.1 Å². The van der Waals surface area contributed by atoms with E-state index in [4.69, 9.17) is 0 Å². The molecule has 0 spiro atoms. The predicted octanol–water partition coefficient (Wildman–Crippen LogP) is 1.08. The number of aromatic hydroxyl groups is 1. The molecule has 2 unspecified atom stereocenters. The summed E-state index contributed by atoms with van der Waals surface area (Å²) in [7, 11) is 0. The molecule has 4 N–H and O–H groups in total. The fourth-order valence-corrected chi connectivity index (χ4v) is 2.43. The average molecular weight is 264 g/mol. The summed E-state index contributed by atoms with van der Waals surface area (Å²) in [5, 5.41) is 13.0. The van der Waals surface area contributed by atoms with Crippen molar-refractivity contribution in [3.63, 3.8) is 0 Å². The topological polar surface area (TPSA) is 69.2 Å². The zero-order valence-electron chi connectivity index (χ0n) is 11.7. The molecule has 1 aromatic rings. The summed E-state index contributed by atoms with van der Waals surface area (Å²) >= 11 is 0. The van der Waals surface area contributed by atoms with Crippen LogP contribution in [-0.4, -0.2) is 29.2 Å². The maximum absolute atomic E-state index is 9.68. The highest BCUT2D eigenvalue weighted by molar-refractivity contribution is 5.27. The maximum Gasteiger partial charge on any atom is 0.138 e. The zero-order valence-corrected chi connectivity index (χ0v) is 11.7. The number of pyridine rings is 1. The smallest absolute Gasteiger partial charge is 0.138 e. The fraction of sp³-hybridized carbons (Fsp3) is 0.643. The van der Waals surface area contributed by atoms with Gasteiger partial charge in [0, 0.05) is 24.8 Å². The van der Waals surface area contributed by atoms with Gasteiger partial charge in [-0.2, -0.15) is 0 Å². The summed E-state index contributed by atoms with van der Waals surface area (Å²) in [6.07, 6.45) is 2.35. The zero-order chi connectivity index (χ0) is 13.7. The monoisotopic (exact) mass is 264 g/mol. The van der Waals surface area contributed by atoms with Crippen molar-refractivity contribution in [3.8, 4) is 5.75 Å². The van der Waals surface area contributed by atoms with E-state index in [0.717, 1.165) is 30.9 Å². The second kappa shape index (κ2) is 6.84. The van der Waals surface area contributed by atoms with Crippen LogP contribution in [0.25, 0.3) is 0 Å². The van der Waals surface area contributed by atoms with Gasteiger partial charge in [0.05, 0.1) is 5.69 Å². The third-order valence-corrected chi connectivity index (χ3v) is 3.71. The van der Waals surface area contributed by atoms with E-state index in [9.17, 15) is 5.11 Å². The molecule has 1 saturated heterocycles. The number of hydrogen-bond donors (Lipinski definition) is 4. The van der Waals surface area contributed by atoms with Gasteiger partial charge in [-0.1, -0.05) is 0 Å². The van der Waals surface area contributed by atoms with Gasteiger partial charge in [0.15, 0.2) is 0 Å². The van der Waals surface area contributed by atoms with Crippen molar-refractivity contribution < 1.29 is 5.11 Å². The Morgan fingerprint density at radius 2 is 2.32 bits per heavy atom. The molecule has 5 heteroatoms. The molecule has 5 nitrogen and oxygen atoms in total. The van der Waals surface area contributed by atoms with E-state index in [-0.39, 0.29) is 5.75 Å². The number of nitrogens with one attached hydrogen (secondary N) is 3. The molecule has 0 saturated carbocycles. The van der Waals surface area contributed by atoms with E-state index in [0.29, 0.717) is 18.5 Å². The molecule has 1 aliphatic rings. The van der Waals surface area contributed by atoms with Crippen LogP contribution in [0.3, 0.4) is 0 Å². The lowest BCUT2D eigenvalue weighted by atomic mass is 9.98. The van der Waals surface area contributed by atoms with Crippen molar-refractivity contribution >= 4 is 0 Å². The first kappa shape index (κ1) is 14.2. The van der Waals surface area contributed by atoms with Gasteiger partial charge in [0.25, 0.3) is 0 Å². The molecular weight excluding hydrogens is 240 g/mol. The van der Waals surface area contributed by atoms with Gasteiger partial charge in [0.1, 0.15) is 5.75 Å². The van der Waals surface area contributed by atoms with Gasteiger partial charge in [0.2, 0.25) is 0 Å². The molecule has 0 aromatic carbocycles. The van der Waals surface area contributed by atoms with E-state index in [1.165, 1.54) is 6.42 Å². The van der Waals surface area contributed by atoms with E-state index >= 15 is 0 Å². The Kier molecular flexibility index (Phi) is 5.13. The number of aromatic nitrogens is 1. The number of hydrazine groups is 1. The molecule has 2 heterocycles. The molecule has 1 aliphatic heterocycles. The van der Waals surface area contributed by atoms with Crippen molar-refractivity contribution in [3.05, 3.63) is 23.5 Å². The highest BCUT2D eigenvalue weighted by Crippen LogP contribution is 2.15. The first-order valence-electron chi connectivity index (χ1n) is 7.01. The molecular formula is C14H24N4O. The largest absolute Gasteiger partial charge is 0.506 e. The minimum atomic E-state index is 0.274. The van der Waals surface area contributed by atoms with Crippen molar-refractivity contribution in [2.45, 2.75) is 39.3 Å². The lowest BCUT2D eigenvalue weighted by molar-refractivity contribution is 0.434. The molecule has 1 aromatic heterocycles.